The summed E-state index contributed by atoms with van der Waals surface area (Å²) >= 11 is 1.57. The molecule has 1 aliphatic rings. The Morgan fingerprint density at radius 2 is 1.93 bits per heavy atom. The summed E-state index contributed by atoms with van der Waals surface area (Å²) < 4.78 is 24.6. The van der Waals surface area contributed by atoms with E-state index in [1.807, 2.05) is 22.4 Å². The lowest BCUT2D eigenvalue weighted by atomic mass is 9.97. The Kier molecular flexibility index (Phi) is 4.77. The van der Waals surface area contributed by atoms with Crippen LogP contribution in [0.2, 0.25) is 0 Å². The molecule has 0 unspecified atom stereocenters. The molecule has 1 aromatic carbocycles. The zero-order chi connectivity index (χ0) is 20.5. The lowest BCUT2D eigenvalue weighted by molar-refractivity contribution is 0.327. The van der Waals surface area contributed by atoms with Crippen LogP contribution < -0.4 is 4.90 Å². The van der Waals surface area contributed by atoms with Gasteiger partial charge in [-0.15, -0.1) is 11.3 Å². The van der Waals surface area contributed by atoms with Gasteiger partial charge < -0.3 is 13.8 Å². The molecular formula is C21H16FN5O2S. The summed E-state index contributed by atoms with van der Waals surface area (Å²) in [5.41, 5.74) is 0.853. The summed E-state index contributed by atoms with van der Waals surface area (Å²) in [6.45, 7) is 1.35. The highest BCUT2D eigenvalue weighted by Gasteiger charge is 2.29. The first kappa shape index (κ1) is 18.5. The van der Waals surface area contributed by atoms with E-state index in [4.69, 9.17) is 8.94 Å². The maximum Gasteiger partial charge on any atom is 0.235 e. The van der Waals surface area contributed by atoms with Crippen LogP contribution in [0, 0.1) is 17.1 Å². The lowest BCUT2D eigenvalue weighted by Crippen LogP contribution is -2.33. The fourth-order valence-corrected chi connectivity index (χ4v) is 4.20. The fraction of sp³-hybridized carbons (Fsp3) is 0.238. The van der Waals surface area contributed by atoms with Crippen LogP contribution in [0.15, 0.2) is 50.7 Å². The largest absolute Gasteiger partial charge is 0.419 e. The van der Waals surface area contributed by atoms with Crippen LogP contribution in [0.1, 0.15) is 30.3 Å². The fourth-order valence-electron chi connectivity index (χ4n) is 3.55. The molecule has 0 spiro atoms. The van der Waals surface area contributed by atoms with E-state index in [0.29, 0.717) is 42.1 Å². The normalized spacial score (nSPS) is 14.7. The Hall–Kier alpha value is -3.51. The maximum absolute atomic E-state index is 13.2. The lowest BCUT2D eigenvalue weighted by Gasteiger charge is -2.29. The zero-order valence-electron chi connectivity index (χ0n) is 15.8. The van der Waals surface area contributed by atoms with Gasteiger partial charge in [0, 0.05) is 24.6 Å². The molecular weight excluding hydrogens is 405 g/mol. The number of rotatable bonds is 4. The van der Waals surface area contributed by atoms with E-state index >= 15 is 0 Å². The SMILES string of the molecule is N#Cc1nc(-c2ccc(F)cc2)oc1N1CCC(c2nc(-c3cccs3)no2)CC1. The van der Waals surface area contributed by atoms with Crippen LogP contribution in [0.25, 0.3) is 22.2 Å². The topological polar surface area (TPSA) is 92.0 Å². The number of nitrogens with zero attached hydrogens (tertiary/aromatic N) is 5. The monoisotopic (exact) mass is 421 g/mol. The Labute approximate surface area is 175 Å². The molecule has 4 aromatic rings. The van der Waals surface area contributed by atoms with Crippen molar-refractivity contribution >= 4 is 17.2 Å². The summed E-state index contributed by atoms with van der Waals surface area (Å²) in [7, 11) is 0. The molecule has 0 atom stereocenters. The first-order valence-corrected chi connectivity index (χ1v) is 10.4. The van der Waals surface area contributed by atoms with E-state index in [-0.39, 0.29) is 17.4 Å². The molecule has 30 heavy (non-hydrogen) atoms. The first-order chi connectivity index (χ1) is 14.7. The molecule has 0 saturated carbocycles. The van der Waals surface area contributed by atoms with E-state index in [2.05, 4.69) is 21.2 Å². The van der Waals surface area contributed by atoms with Crippen LogP contribution in [0.4, 0.5) is 10.3 Å². The van der Waals surface area contributed by atoms with Gasteiger partial charge in [-0.25, -0.2) is 4.39 Å². The minimum absolute atomic E-state index is 0.160. The standard InChI is InChI=1S/C21H16FN5O2S/c22-15-5-3-13(4-6-15)19-24-16(12-23)21(28-19)27-9-7-14(8-10-27)20-25-18(26-29-20)17-2-1-11-30-17/h1-6,11,14H,7-10H2. The van der Waals surface area contributed by atoms with Crippen molar-refractivity contribution in [2.24, 2.45) is 0 Å². The number of hydrogen-bond donors (Lipinski definition) is 0. The molecule has 3 aromatic heterocycles. The third kappa shape index (κ3) is 3.46. The number of piperidine rings is 1. The third-order valence-electron chi connectivity index (χ3n) is 5.12. The number of aromatic nitrogens is 3. The molecule has 9 heteroatoms. The van der Waals surface area contributed by atoms with Gasteiger partial charge in [0.05, 0.1) is 4.88 Å². The van der Waals surface area contributed by atoms with Gasteiger partial charge in [-0.2, -0.15) is 15.2 Å². The van der Waals surface area contributed by atoms with Gasteiger partial charge in [0.1, 0.15) is 11.9 Å². The molecule has 7 nitrogen and oxygen atoms in total. The summed E-state index contributed by atoms with van der Waals surface area (Å²) in [6.07, 6.45) is 1.59. The molecule has 0 radical (unpaired) electrons. The van der Waals surface area contributed by atoms with Gasteiger partial charge in [0.15, 0.2) is 0 Å². The van der Waals surface area contributed by atoms with Crippen LogP contribution in [0.5, 0.6) is 0 Å². The van der Waals surface area contributed by atoms with Crippen molar-refractivity contribution in [1.82, 2.24) is 15.1 Å². The van der Waals surface area contributed by atoms with Crippen LogP contribution in [-0.4, -0.2) is 28.2 Å². The average molecular weight is 421 g/mol. The minimum atomic E-state index is -0.337. The predicted octanol–water partition coefficient (Wildman–Crippen LogP) is 4.85. The predicted molar refractivity (Wildman–Crippen MR) is 108 cm³/mol. The molecule has 0 bridgehead atoms. The Morgan fingerprint density at radius 1 is 1.13 bits per heavy atom. The molecule has 1 saturated heterocycles. The van der Waals surface area contributed by atoms with Crippen LogP contribution in [0.3, 0.4) is 0 Å². The highest BCUT2D eigenvalue weighted by atomic mass is 32.1. The molecule has 1 aliphatic heterocycles. The van der Waals surface area contributed by atoms with E-state index < -0.39 is 0 Å². The van der Waals surface area contributed by atoms with Gasteiger partial charge in [0.2, 0.25) is 29.2 Å². The molecule has 1 fully saturated rings. The summed E-state index contributed by atoms with van der Waals surface area (Å²) in [5, 5.41) is 15.6. The van der Waals surface area contributed by atoms with E-state index in [1.54, 1.807) is 23.5 Å². The van der Waals surface area contributed by atoms with E-state index in [9.17, 15) is 9.65 Å². The number of halogens is 1. The second-order valence-corrected chi connectivity index (χ2v) is 7.93. The van der Waals surface area contributed by atoms with Crippen LogP contribution in [-0.2, 0) is 0 Å². The number of hydrogen-bond acceptors (Lipinski definition) is 8. The van der Waals surface area contributed by atoms with Crippen molar-refractivity contribution < 1.29 is 13.3 Å². The van der Waals surface area contributed by atoms with Crippen molar-refractivity contribution in [2.75, 3.05) is 18.0 Å². The highest BCUT2D eigenvalue weighted by Crippen LogP contribution is 2.34. The Balaban J connectivity index is 1.31. The molecule has 5 rings (SSSR count). The van der Waals surface area contributed by atoms with Crippen molar-refractivity contribution in [3.63, 3.8) is 0 Å². The van der Waals surface area contributed by atoms with Gasteiger partial charge in [-0.3, -0.25) is 0 Å². The van der Waals surface area contributed by atoms with E-state index in [0.717, 1.165) is 17.7 Å². The van der Waals surface area contributed by atoms with Crippen molar-refractivity contribution in [3.8, 4) is 28.2 Å². The number of benzene rings is 1. The smallest absolute Gasteiger partial charge is 0.235 e. The number of thiophene rings is 1. The third-order valence-corrected chi connectivity index (χ3v) is 5.99. The maximum atomic E-state index is 13.2. The second-order valence-electron chi connectivity index (χ2n) is 6.99. The molecule has 150 valence electrons. The number of oxazole rings is 1. The summed E-state index contributed by atoms with van der Waals surface area (Å²) in [4.78, 5) is 11.8. The van der Waals surface area contributed by atoms with Gasteiger partial charge >= 0.3 is 0 Å². The number of nitriles is 1. The molecule has 0 aliphatic carbocycles. The Morgan fingerprint density at radius 3 is 2.63 bits per heavy atom. The van der Waals surface area contributed by atoms with Gasteiger partial charge in [0.25, 0.3) is 0 Å². The molecule has 0 N–H and O–H groups in total. The van der Waals surface area contributed by atoms with Gasteiger partial charge in [-0.1, -0.05) is 11.2 Å². The van der Waals surface area contributed by atoms with Gasteiger partial charge in [-0.05, 0) is 48.6 Å². The summed E-state index contributed by atoms with van der Waals surface area (Å²) in [5.74, 6) is 1.83. The zero-order valence-corrected chi connectivity index (χ0v) is 16.6. The second kappa shape index (κ2) is 7.72. The highest BCUT2D eigenvalue weighted by molar-refractivity contribution is 7.13. The van der Waals surface area contributed by atoms with E-state index in [1.165, 1.54) is 12.1 Å². The summed E-state index contributed by atoms with van der Waals surface area (Å²) in [6, 6.07) is 11.9. The van der Waals surface area contributed by atoms with Crippen molar-refractivity contribution in [1.29, 1.82) is 5.26 Å². The average Bonchev–Trinajstić information content (AvgIpc) is 3.54. The molecule has 4 heterocycles. The van der Waals surface area contributed by atoms with Crippen molar-refractivity contribution in [2.45, 2.75) is 18.8 Å². The van der Waals surface area contributed by atoms with Crippen molar-refractivity contribution in [3.05, 3.63) is 59.2 Å². The first-order valence-electron chi connectivity index (χ1n) is 9.50. The van der Waals surface area contributed by atoms with Crippen LogP contribution >= 0.6 is 11.3 Å². The quantitative estimate of drug-likeness (QED) is 0.465. The Bertz CT molecular complexity index is 1190. The molecule has 0 amide bonds. The minimum Gasteiger partial charge on any atom is -0.419 e. The number of anilines is 1.